The molecule has 3 rings (SSSR count). The number of fused-ring (bicyclic) bond motifs is 1. The number of rotatable bonds is 3. The molecular weight excluding hydrogens is 378 g/mol. The van der Waals surface area contributed by atoms with Crippen LogP contribution in [0.5, 0.6) is 11.5 Å². The number of aromatic nitrogens is 2. The van der Waals surface area contributed by atoms with Crippen LogP contribution in [0.15, 0.2) is 41.4 Å². The first-order valence-corrected chi connectivity index (χ1v) is 8.26. The van der Waals surface area contributed by atoms with E-state index in [9.17, 15) is 26.0 Å². The van der Waals surface area contributed by atoms with Crippen molar-refractivity contribution in [1.29, 1.82) is 0 Å². The van der Waals surface area contributed by atoms with Crippen LogP contribution < -0.4 is 4.74 Å². The second-order valence-electron chi connectivity index (χ2n) is 5.00. The van der Waals surface area contributed by atoms with Crippen LogP contribution in [0.3, 0.4) is 0 Å². The molecule has 0 bridgehead atoms. The van der Waals surface area contributed by atoms with Crippen LogP contribution in [-0.2, 0) is 9.84 Å². The van der Waals surface area contributed by atoms with Gasteiger partial charge in [-0.2, -0.15) is 18.3 Å². The average Bonchev–Trinajstić information content (AvgIpc) is 3.05. The van der Waals surface area contributed by atoms with E-state index in [2.05, 4.69) is 15.0 Å². The first-order valence-electron chi connectivity index (χ1n) is 6.77. The molecule has 134 valence electrons. The maximum Gasteiger partial charge on any atom is 0.501 e. The van der Waals surface area contributed by atoms with Gasteiger partial charge in [0.25, 0.3) is 9.84 Å². The number of nitrogens with one attached hydrogen (secondary N) is 1. The number of hydrogen-bond donors (Lipinski definition) is 1. The second kappa shape index (κ2) is 5.99. The van der Waals surface area contributed by atoms with Gasteiger partial charge in [-0.25, -0.2) is 17.7 Å². The maximum absolute atomic E-state index is 13.8. The second-order valence-corrected chi connectivity index (χ2v) is 6.91. The molecule has 0 aliphatic heterocycles. The summed E-state index contributed by atoms with van der Waals surface area (Å²) in [5.74, 6) is -1.27. The molecule has 0 amide bonds. The van der Waals surface area contributed by atoms with Gasteiger partial charge in [0.1, 0.15) is 10.6 Å². The molecule has 1 heterocycles. The lowest BCUT2D eigenvalue weighted by atomic mass is 10.2. The van der Waals surface area contributed by atoms with Gasteiger partial charge in [-0.3, -0.25) is 5.10 Å². The van der Waals surface area contributed by atoms with Crippen LogP contribution in [0, 0.1) is 12.4 Å². The first kappa shape index (κ1) is 17.7. The highest BCUT2D eigenvalue weighted by Gasteiger charge is 2.48. The maximum atomic E-state index is 13.8. The minimum absolute atomic E-state index is 0.0844. The summed E-state index contributed by atoms with van der Waals surface area (Å²) in [6.07, 6.45) is 1.05. The number of aromatic amines is 1. The van der Waals surface area contributed by atoms with Crippen LogP contribution >= 0.6 is 0 Å². The zero-order valence-corrected chi connectivity index (χ0v) is 13.3. The average molecular weight is 385 g/mol. The van der Waals surface area contributed by atoms with E-state index in [0.717, 1.165) is 24.4 Å². The molecule has 0 aliphatic rings. The van der Waals surface area contributed by atoms with Gasteiger partial charge in [0.2, 0.25) is 0 Å². The third kappa shape index (κ3) is 2.84. The van der Waals surface area contributed by atoms with Crippen LogP contribution in [0.4, 0.5) is 23.2 Å². The molecule has 1 aromatic heterocycles. The summed E-state index contributed by atoms with van der Waals surface area (Å²) in [5, 5.41) is 5.62. The Morgan fingerprint density at radius 3 is 2.54 bits per heavy atom. The van der Waals surface area contributed by atoms with E-state index < -0.39 is 31.6 Å². The van der Waals surface area contributed by atoms with E-state index in [1.165, 1.54) is 6.07 Å². The Balaban J connectivity index is 2.14. The van der Waals surface area contributed by atoms with Crippen molar-refractivity contribution in [2.45, 2.75) is 10.4 Å². The van der Waals surface area contributed by atoms with E-state index in [1.54, 1.807) is 0 Å². The Kier molecular flexibility index (Phi) is 4.08. The molecule has 26 heavy (non-hydrogen) atoms. The Hall–Kier alpha value is -3.13. The number of alkyl halides is 3. The molecule has 11 heteroatoms. The summed E-state index contributed by atoms with van der Waals surface area (Å²) >= 11 is 0. The Bertz CT molecular complexity index is 1150. The molecule has 2 aromatic carbocycles. The number of hydrogen-bond acceptors (Lipinski definition) is 4. The number of sulfone groups is 1. The van der Waals surface area contributed by atoms with Crippen LogP contribution in [-0.4, -0.2) is 24.1 Å². The highest BCUT2D eigenvalue weighted by atomic mass is 32.2. The van der Waals surface area contributed by atoms with E-state index in [1.807, 2.05) is 0 Å². The molecule has 0 atom stereocenters. The summed E-state index contributed by atoms with van der Waals surface area (Å²) in [7, 11) is -5.62. The largest absolute Gasteiger partial charge is 0.501 e. The SMILES string of the molecule is [C-]#[N+]c1ccc(F)c(Oc2ccc(S(=O)(=O)C(F)(F)F)c3[nH]ncc23)c1. The summed E-state index contributed by atoms with van der Waals surface area (Å²) in [6.45, 7) is 6.91. The third-order valence-electron chi connectivity index (χ3n) is 3.40. The van der Waals surface area contributed by atoms with Crippen LogP contribution in [0.1, 0.15) is 0 Å². The Morgan fingerprint density at radius 1 is 1.15 bits per heavy atom. The van der Waals surface area contributed by atoms with E-state index >= 15 is 0 Å². The lowest BCUT2D eigenvalue weighted by molar-refractivity contribution is -0.0435. The van der Waals surface area contributed by atoms with Crippen molar-refractivity contribution in [3.05, 3.63) is 53.8 Å². The smallest absolute Gasteiger partial charge is 0.455 e. The van der Waals surface area contributed by atoms with Crippen LogP contribution in [0.25, 0.3) is 15.7 Å². The molecule has 3 aromatic rings. The van der Waals surface area contributed by atoms with Gasteiger partial charge in [0, 0.05) is 0 Å². The van der Waals surface area contributed by atoms with Crippen molar-refractivity contribution in [2.24, 2.45) is 0 Å². The van der Waals surface area contributed by atoms with Crippen molar-refractivity contribution in [2.75, 3.05) is 0 Å². The molecule has 0 aliphatic carbocycles. The van der Waals surface area contributed by atoms with E-state index in [4.69, 9.17) is 11.3 Å². The Labute approximate surface area is 143 Å². The number of H-pyrrole nitrogens is 1. The van der Waals surface area contributed by atoms with Crippen molar-refractivity contribution in [3.63, 3.8) is 0 Å². The highest BCUT2D eigenvalue weighted by molar-refractivity contribution is 7.92. The predicted octanol–water partition coefficient (Wildman–Crippen LogP) is 4.34. The normalized spacial score (nSPS) is 12.1. The quantitative estimate of drug-likeness (QED) is 0.538. The van der Waals surface area contributed by atoms with Gasteiger partial charge in [-0.15, -0.1) is 0 Å². The highest BCUT2D eigenvalue weighted by Crippen LogP contribution is 2.38. The number of nitrogens with zero attached hydrogens (tertiary/aromatic N) is 2. The first-order chi connectivity index (χ1) is 12.1. The molecule has 1 N–H and O–H groups in total. The lowest BCUT2D eigenvalue weighted by Crippen LogP contribution is -2.23. The van der Waals surface area contributed by atoms with Crippen molar-refractivity contribution in [3.8, 4) is 11.5 Å². The van der Waals surface area contributed by atoms with Crippen molar-refractivity contribution in [1.82, 2.24) is 10.2 Å². The standard InChI is InChI=1S/C15H7F4N3O3S/c1-20-8-2-3-10(16)12(6-8)25-11-4-5-13(14-9(11)7-21-22-14)26(23,24)15(17,18)19/h2-7H,(H,21,22). The van der Waals surface area contributed by atoms with Gasteiger partial charge in [0.05, 0.1) is 23.7 Å². The molecule has 0 fully saturated rings. The lowest BCUT2D eigenvalue weighted by Gasteiger charge is -2.12. The summed E-state index contributed by atoms with van der Waals surface area (Å²) in [6, 6.07) is 4.98. The number of ether oxygens (including phenoxy) is 1. The third-order valence-corrected chi connectivity index (χ3v) is 4.92. The Morgan fingerprint density at radius 2 is 1.88 bits per heavy atom. The predicted molar refractivity (Wildman–Crippen MR) is 82.1 cm³/mol. The molecule has 6 nitrogen and oxygen atoms in total. The van der Waals surface area contributed by atoms with Crippen LogP contribution in [0.2, 0.25) is 0 Å². The monoisotopic (exact) mass is 385 g/mol. The molecule has 0 saturated carbocycles. The summed E-state index contributed by atoms with van der Waals surface area (Å²) in [5.41, 5.74) is -5.84. The molecule has 0 radical (unpaired) electrons. The van der Waals surface area contributed by atoms with E-state index in [-0.39, 0.29) is 22.6 Å². The summed E-state index contributed by atoms with van der Waals surface area (Å²) in [4.78, 5) is 2.09. The van der Waals surface area contributed by atoms with Gasteiger partial charge in [-0.1, -0.05) is 6.07 Å². The fourth-order valence-corrected chi connectivity index (χ4v) is 3.10. The van der Waals surface area contributed by atoms with Crippen molar-refractivity contribution < 1.29 is 30.7 Å². The molecular formula is C15H7F4N3O3S. The molecule has 0 spiro atoms. The number of halogens is 4. The fourth-order valence-electron chi connectivity index (χ4n) is 2.18. The topological polar surface area (TPSA) is 76.4 Å². The van der Waals surface area contributed by atoms with Crippen molar-refractivity contribution >= 4 is 26.4 Å². The summed E-state index contributed by atoms with van der Waals surface area (Å²) < 4.78 is 80.9. The minimum atomic E-state index is -5.62. The zero-order valence-electron chi connectivity index (χ0n) is 12.5. The molecule has 0 saturated heterocycles. The fraction of sp³-hybridized carbons (Fsp3) is 0.0667. The minimum Gasteiger partial charge on any atom is -0.455 e. The van der Waals surface area contributed by atoms with Gasteiger partial charge >= 0.3 is 5.51 Å². The zero-order chi connectivity index (χ0) is 19.1. The van der Waals surface area contributed by atoms with E-state index in [0.29, 0.717) is 6.07 Å². The van der Waals surface area contributed by atoms with Gasteiger partial charge in [-0.05, 0) is 24.3 Å². The van der Waals surface area contributed by atoms with Gasteiger partial charge in [0.15, 0.2) is 17.3 Å². The van der Waals surface area contributed by atoms with Gasteiger partial charge < -0.3 is 4.74 Å². The molecule has 0 unspecified atom stereocenters. The number of benzene rings is 2.